The summed E-state index contributed by atoms with van der Waals surface area (Å²) < 4.78 is 4.24. The van der Waals surface area contributed by atoms with E-state index >= 15 is 0 Å². The van der Waals surface area contributed by atoms with Crippen LogP contribution in [0.5, 0.6) is 0 Å². The Kier molecular flexibility index (Phi) is 4.43. The SMILES string of the molecule is Cc1cc(Cn2cccc2CNCC(C)C)n(C)n1. The highest BCUT2D eigenvalue weighted by Crippen LogP contribution is 2.09. The van der Waals surface area contributed by atoms with Crippen molar-refractivity contribution in [2.75, 3.05) is 6.54 Å². The maximum atomic E-state index is 4.39. The van der Waals surface area contributed by atoms with Crippen molar-refractivity contribution in [3.05, 3.63) is 41.5 Å². The molecule has 2 heterocycles. The van der Waals surface area contributed by atoms with Gasteiger partial charge in [-0.05, 0) is 37.6 Å². The predicted molar refractivity (Wildman–Crippen MR) is 78.0 cm³/mol. The summed E-state index contributed by atoms with van der Waals surface area (Å²) in [6.07, 6.45) is 2.13. The van der Waals surface area contributed by atoms with Crippen LogP contribution in [0, 0.1) is 12.8 Å². The Morgan fingerprint density at radius 1 is 1.32 bits per heavy atom. The summed E-state index contributed by atoms with van der Waals surface area (Å²) in [5.41, 5.74) is 3.63. The van der Waals surface area contributed by atoms with Crippen molar-refractivity contribution < 1.29 is 0 Å². The lowest BCUT2D eigenvalue weighted by atomic mass is 10.2. The number of hydrogen-bond donors (Lipinski definition) is 1. The molecule has 4 heteroatoms. The molecule has 4 nitrogen and oxygen atoms in total. The number of rotatable bonds is 6. The summed E-state index contributed by atoms with van der Waals surface area (Å²) in [6.45, 7) is 9.33. The fourth-order valence-corrected chi connectivity index (χ4v) is 2.24. The lowest BCUT2D eigenvalue weighted by Gasteiger charge is -2.11. The Balaban J connectivity index is 2.01. The largest absolute Gasteiger partial charge is 0.344 e. The molecule has 0 saturated carbocycles. The van der Waals surface area contributed by atoms with E-state index in [2.05, 4.69) is 53.2 Å². The summed E-state index contributed by atoms with van der Waals surface area (Å²) in [5, 5.41) is 7.88. The van der Waals surface area contributed by atoms with E-state index in [1.54, 1.807) is 0 Å². The van der Waals surface area contributed by atoms with Crippen molar-refractivity contribution in [1.82, 2.24) is 19.7 Å². The first-order valence-corrected chi connectivity index (χ1v) is 6.90. The lowest BCUT2D eigenvalue weighted by molar-refractivity contribution is 0.536. The zero-order valence-electron chi connectivity index (χ0n) is 12.3. The van der Waals surface area contributed by atoms with E-state index in [-0.39, 0.29) is 0 Å². The molecule has 0 aromatic carbocycles. The van der Waals surface area contributed by atoms with Crippen LogP contribution >= 0.6 is 0 Å². The molecule has 2 aromatic rings. The lowest BCUT2D eigenvalue weighted by Crippen LogP contribution is -2.21. The van der Waals surface area contributed by atoms with E-state index in [1.807, 2.05) is 18.7 Å². The van der Waals surface area contributed by atoms with Gasteiger partial charge in [-0.15, -0.1) is 0 Å². The zero-order valence-corrected chi connectivity index (χ0v) is 12.3. The summed E-state index contributed by atoms with van der Waals surface area (Å²) in [5.74, 6) is 0.683. The number of nitrogens with one attached hydrogen (secondary N) is 1. The van der Waals surface area contributed by atoms with E-state index in [0.717, 1.165) is 25.3 Å². The van der Waals surface area contributed by atoms with Crippen LogP contribution in [-0.4, -0.2) is 20.9 Å². The van der Waals surface area contributed by atoms with Crippen LogP contribution in [0.15, 0.2) is 24.4 Å². The van der Waals surface area contributed by atoms with Gasteiger partial charge in [-0.25, -0.2) is 0 Å². The number of aromatic nitrogens is 3. The van der Waals surface area contributed by atoms with E-state index in [9.17, 15) is 0 Å². The molecule has 1 N–H and O–H groups in total. The number of aryl methyl sites for hydroxylation is 2. The van der Waals surface area contributed by atoms with Crippen LogP contribution in [0.4, 0.5) is 0 Å². The van der Waals surface area contributed by atoms with Crippen molar-refractivity contribution in [1.29, 1.82) is 0 Å². The first kappa shape index (κ1) is 13.9. The Morgan fingerprint density at radius 2 is 2.11 bits per heavy atom. The van der Waals surface area contributed by atoms with Crippen molar-refractivity contribution in [2.45, 2.75) is 33.9 Å². The van der Waals surface area contributed by atoms with Crippen LogP contribution in [0.25, 0.3) is 0 Å². The van der Waals surface area contributed by atoms with Crippen LogP contribution in [0.1, 0.15) is 30.9 Å². The quantitative estimate of drug-likeness (QED) is 0.865. The normalized spacial score (nSPS) is 11.4. The molecule has 2 rings (SSSR count). The molecule has 0 saturated heterocycles. The molecule has 19 heavy (non-hydrogen) atoms. The third-order valence-electron chi connectivity index (χ3n) is 3.21. The van der Waals surface area contributed by atoms with Crippen molar-refractivity contribution in [3.8, 4) is 0 Å². The molecule has 0 radical (unpaired) electrons. The minimum Gasteiger partial charge on any atom is -0.344 e. The molecular formula is C15H24N4. The molecule has 0 bridgehead atoms. The Labute approximate surface area is 115 Å². The molecule has 0 atom stereocenters. The molecule has 0 amide bonds. The molecule has 0 aliphatic carbocycles. The van der Waals surface area contributed by atoms with E-state index in [1.165, 1.54) is 11.4 Å². The summed E-state index contributed by atoms with van der Waals surface area (Å²) in [7, 11) is 2.00. The molecule has 104 valence electrons. The van der Waals surface area contributed by atoms with Crippen LogP contribution in [0.3, 0.4) is 0 Å². The first-order chi connectivity index (χ1) is 9.06. The van der Waals surface area contributed by atoms with Gasteiger partial charge in [0.25, 0.3) is 0 Å². The highest BCUT2D eigenvalue weighted by molar-refractivity contribution is 5.13. The van der Waals surface area contributed by atoms with Gasteiger partial charge in [-0.1, -0.05) is 13.8 Å². The second-order valence-electron chi connectivity index (χ2n) is 5.55. The van der Waals surface area contributed by atoms with Gasteiger partial charge in [-0.3, -0.25) is 4.68 Å². The van der Waals surface area contributed by atoms with Gasteiger partial charge in [0.15, 0.2) is 0 Å². The summed E-state index contributed by atoms with van der Waals surface area (Å²) in [6, 6.07) is 6.43. The van der Waals surface area contributed by atoms with Crippen molar-refractivity contribution in [2.24, 2.45) is 13.0 Å². The van der Waals surface area contributed by atoms with Gasteiger partial charge in [0, 0.05) is 25.5 Å². The highest BCUT2D eigenvalue weighted by atomic mass is 15.3. The predicted octanol–water partition coefficient (Wildman–Crippen LogP) is 2.32. The highest BCUT2D eigenvalue weighted by Gasteiger charge is 2.06. The first-order valence-electron chi connectivity index (χ1n) is 6.90. The maximum Gasteiger partial charge on any atom is 0.0642 e. The minimum atomic E-state index is 0.683. The fraction of sp³-hybridized carbons (Fsp3) is 0.533. The molecular weight excluding hydrogens is 236 g/mol. The summed E-state index contributed by atoms with van der Waals surface area (Å²) >= 11 is 0. The second kappa shape index (κ2) is 6.06. The minimum absolute atomic E-state index is 0.683. The van der Waals surface area contributed by atoms with Crippen LogP contribution < -0.4 is 5.32 Å². The fourth-order valence-electron chi connectivity index (χ4n) is 2.24. The van der Waals surface area contributed by atoms with Crippen LogP contribution in [-0.2, 0) is 20.1 Å². The number of nitrogens with zero attached hydrogens (tertiary/aromatic N) is 3. The Morgan fingerprint density at radius 3 is 2.74 bits per heavy atom. The summed E-state index contributed by atoms with van der Waals surface area (Å²) in [4.78, 5) is 0. The molecule has 0 spiro atoms. The zero-order chi connectivity index (χ0) is 13.8. The van der Waals surface area contributed by atoms with Gasteiger partial charge in [0.05, 0.1) is 17.9 Å². The van der Waals surface area contributed by atoms with Crippen LogP contribution in [0.2, 0.25) is 0 Å². The van der Waals surface area contributed by atoms with Gasteiger partial charge >= 0.3 is 0 Å². The average molecular weight is 260 g/mol. The second-order valence-corrected chi connectivity index (χ2v) is 5.55. The van der Waals surface area contributed by atoms with E-state index < -0.39 is 0 Å². The molecule has 0 fully saturated rings. The smallest absolute Gasteiger partial charge is 0.0642 e. The van der Waals surface area contributed by atoms with Crippen molar-refractivity contribution in [3.63, 3.8) is 0 Å². The topological polar surface area (TPSA) is 34.8 Å². The Hall–Kier alpha value is -1.55. The van der Waals surface area contributed by atoms with Gasteiger partial charge in [-0.2, -0.15) is 5.10 Å². The molecule has 0 aliphatic rings. The van der Waals surface area contributed by atoms with Gasteiger partial charge < -0.3 is 9.88 Å². The van der Waals surface area contributed by atoms with E-state index in [4.69, 9.17) is 0 Å². The third kappa shape index (κ3) is 3.70. The standard InChI is InChI=1S/C15H24N4/c1-12(2)9-16-10-14-6-5-7-19(14)11-15-8-13(3)17-18(15)4/h5-8,12,16H,9-11H2,1-4H3. The van der Waals surface area contributed by atoms with E-state index in [0.29, 0.717) is 5.92 Å². The van der Waals surface area contributed by atoms with Crippen molar-refractivity contribution >= 4 is 0 Å². The van der Waals surface area contributed by atoms with Gasteiger partial charge in [0.2, 0.25) is 0 Å². The average Bonchev–Trinajstić information content (AvgIpc) is 2.87. The van der Waals surface area contributed by atoms with Gasteiger partial charge in [0.1, 0.15) is 0 Å². The monoisotopic (exact) mass is 260 g/mol. The Bertz CT molecular complexity index is 522. The molecule has 0 aliphatic heterocycles. The number of hydrogen-bond acceptors (Lipinski definition) is 2. The maximum absolute atomic E-state index is 4.39. The third-order valence-corrected chi connectivity index (χ3v) is 3.21. The molecule has 0 unspecified atom stereocenters. The molecule has 2 aromatic heterocycles.